The van der Waals surface area contributed by atoms with Gasteiger partial charge in [0.15, 0.2) is 5.78 Å². The van der Waals surface area contributed by atoms with Crippen molar-refractivity contribution in [3.05, 3.63) is 0 Å². The number of hydrogen-bond donors (Lipinski definition) is 1. The first-order chi connectivity index (χ1) is 7.83. The minimum Gasteiger partial charge on any atom is -0.382 e. The van der Waals surface area contributed by atoms with E-state index in [2.05, 4.69) is 9.26 Å². The monoisotopic (exact) mass is 266 g/mol. The number of phosphoric ester groups is 1. The first kappa shape index (κ1) is 14.8. The van der Waals surface area contributed by atoms with Gasteiger partial charge in [0, 0.05) is 13.0 Å². The second-order valence-electron chi connectivity index (χ2n) is 4.40. The van der Waals surface area contributed by atoms with E-state index in [9.17, 15) is 14.3 Å². The molecule has 17 heavy (non-hydrogen) atoms. The molecule has 100 valence electrons. The molecular formula is C10H19O6P. The van der Waals surface area contributed by atoms with Gasteiger partial charge in [0.1, 0.15) is 5.60 Å². The molecule has 0 heterocycles. The van der Waals surface area contributed by atoms with Gasteiger partial charge in [-0.2, -0.15) is 0 Å². The fourth-order valence-electron chi connectivity index (χ4n) is 1.51. The van der Waals surface area contributed by atoms with Crippen LogP contribution in [-0.4, -0.2) is 36.6 Å². The average Bonchev–Trinajstić information content (AvgIpc) is 2.97. The predicted molar refractivity (Wildman–Crippen MR) is 60.5 cm³/mol. The van der Waals surface area contributed by atoms with E-state index in [-0.39, 0.29) is 24.9 Å². The normalized spacial score (nSPS) is 21.2. The third-order valence-corrected chi connectivity index (χ3v) is 3.60. The van der Waals surface area contributed by atoms with Gasteiger partial charge in [0.25, 0.3) is 0 Å². The first-order valence-corrected chi connectivity index (χ1v) is 7.04. The topological polar surface area (TPSA) is 82.1 Å². The van der Waals surface area contributed by atoms with Crippen molar-refractivity contribution in [3.63, 3.8) is 0 Å². The van der Waals surface area contributed by atoms with Crippen molar-refractivity contribution in [2.24, 2.45) is 5.92 Å². The van der Waals surface area contributed by atoms with E-state index in [1.807, 2.05) is 0 Å². The quantitative estimate of drug-likeness (QED) is 0.530. The van der Waals surface area contributed by atoms with E-state index in [1.165, 1.54) is 7.11 Å². The summed E-state index contributed by atoms with van der Waals surface area (Å²) < 4.78 is 25.9. The van der Waals surface area contributed by atoms with Gasteiger partial charge in [-0.3, -0.25) is 13.8 Å². The lowest BCUT2D eigenvalue weighted by molar-refractivity contribution is -0.131. The molecule has 0 aromatic heterocycles. The van der Waals surface area contributed by atoms with Crippen molar-refractivity contribution >= 4 is 13.6 Å². The summed E-state index contributed by atoms with van der Waals surface area (Å²) in [4.78, 5) is 21.2. The third-order valence-electron chi connectivity index (χ3n) is 2.51. The van der Waals surface area contributed by atoms with E-state index >= 15 is 0 Å². The van der Waals surface area contributed by atoms with Crippen LogP contribution in [0.2, 0.25) is 0 Å². The number of methoxy groups -OCH3 is 1. The molecule has 1 saturated carbocycles. The molecule has 6 nitrogen and oxygen atoms in total. The van der Waals surface area contributed by atoms with E-state index in [0.717, 1.165) is 0 Å². The highest BCUT2D eigenvalue weighted by Crippen LogP contribution is 2.56. The Morgan fingerprint density at radius 1 is 1.41 bits per heavy atom. The van der Waals surface area contributed by atoms with E-state index in [4.69, 9.17) is 4.52 Å². The van der Waals surface area contributed by atoms with Crippen LogP contribution in [0.3, 0.4) is 0 Å². The van der Waals surface area contributed by atoms with Gasteiger partial charge in [0.05, 0.1) is 13.2 Å². The Morgan fingerprint density at radius 2 is 2.00 bits per heavy atom. The predicted octanol–water partition coefficient (Wildman–Crippen LogP) is 1.52. The first-order valence-electron chi connectivity index (χ1n) is 5.54. The highest BCUT2D eigenvalue weighted by molar-refractivity contribution is 7.47. The van der Waals surface area contributed by atoms with Crippen LogP contribution in [0.1, 0.15) is 26.7 Å². The summed E-state index contributed by atoms with van der Waals surface area (Å²) in [5.41, 5.74) is -1.11. The summed E-state index contributed by atoms with van der Waals surface area (Å²) in [5.74, 6) is -0.376. The molecule has 1 aliphatic carbocycles. The number of ketones is 1. The lowest BCUT2D eigenvalue weighted by Crippen LogP contribution is -2.29. The molecule has 0 saturated heterocycles. The third kappa shape index (κ3) is 4.16. The Bertz CT molecular complexity index is 323. The maximum absolute atomic E-state index is 11.8. The molecule has 0 bridgehead atoms. The fraction of sp³-hybridized carbons (Fsp3) is 0.900. The van der Waals surface area contributed by atoms with E-state index < -0.39 is 13.4 Å². The summed E-state index contributed by atoms with van der Waals surface area (Å²) in [7, 11) is -2.72. The van der Waals surface area contributed by atoms with Crippen molar-refractivity contribution < 1.29 is 28.0 Å². The van der Waals surface area contributed by atoms with Crippen LogP contribution in [0.5, 0.6) is 0 Å². The Balaban J connectivity index is 2.52. The fourth-order valence-corrected chi connectivity index (χ4v) is 2.58. The molecule has 1 aliphatic rings. The number of hydrogen-bond acceptors (Lipinski definition) is 5. The Hall–Kier alpha value is -0.260. The summed E-state index contributed by atoms with van der Waals surface area (Å²) in [6, 6.07) is 0. The van der Waals surface area contributed by atoms with Gasteiger partial charge in [-0.05, 0) is 12.8 Å². The lowest BCUT2D eigenvalue weighted by Gasteiger charge is -2.20. The molecule has 1 rings (SSSR count). The van der Waals surface area contributed by atoms with Crippen LogP contribution < -0.4 is 0 Å². The summed E-state index contributed by atoms with van der Waals surface area (Å²) in [6.45, 7) is 3.62. The average molecular weight is 266 g/mol. The van der Waals surface area contributed by atoms with Crippen molar-refractivity contribution in [2.75, 3.05) is 20.3 Å². The highest BCUT2D eigenvalue weighted by Gasteiger charge is 2.55. The molecule has 7 heteroatoms. The Labute approximate surface area is 101 Å². The summed E-state index contributed by atoms with van der Waals surface area (Å²) >= 11 is 0. The number of carbonyl (C=O) groups is 1. The molecule has 1 fully saturated rings. The zero-order valence-corrected chi connectivity index (χ0v) is 11.2. The van der Waals surface area contributed by atoms with E-state index in [1.54, 1.807) is 13.8 Å². The van der Waals surface area contributed by atoms with Gasteiger partial charge in [0.2, 0.25) is 0 Å². The maximum Gasteiger partial charge on any atom is 0.473 e. The molecule has 1 N–H and O–H groups in total. The van der Waals surface area contributed by atoms with E-state index in [0.29, 0.717) is 12.8 Å². The zero-order valence-electron chi connectivity index (χ0n) is 10.3. The van der Waals surface area contributed by atoms with Crippen molar-refractivity contribution in [1.82, 2.24) is 0 Å². The molecule has 1 unspecified atom stereocenters. The van der Waals surface area contributed by atoms with Crippen LogP contribution in [0.4, 0.5) is 0 Å². The van der Waals surface area contributed by atoms with Crippen LogP contribution in [0.25, 0.3) is 0 Å². The molecule has 1 atom stereocenters. The molecular weight excluding hydrogens is 247 g/mol. The second-order valence-corrected chi connectivity index (χ2v) is 5.78. The van der Waals surface area contributed by atoms with Crippen molar-refractivity contribution in [2.45, 2.75) is 32.3 Å². The molecule has 0 radical (unpaired) electrons. The molecule has 0 aromatic carbocycles. The second kappa shape index (κ2) is 5.59. The minimum absolute atomic E-state index is 0.0454. The zero-order chi connectivity index (χ0) is 13.1. The SMILES string of the molecule is COCCOP(=O)(O)OC1(C(=O)C(C)C)CC1. The standard InChI is InChI=1S/C10H19O6P/c1-8(2)9(11)10(4-5-10)16-17(12,13)15-7-6-14-3/h8H,4-7H2,1-3H3,(H,12,13). The van der Waals surface area contributed by atoms with Gasteiger partial charge < -0.3 is 9.63 Å². The number of carbonyl (C=O) groups excluding carboxylic acids is 1. The van der Waals surface area contributed by atoms with Crippen molar-refractivity contribution in [3.8, 4) is 0 Å². The molecule has 0 spiro atoms. The Morgan fingerprint density at radius 3 is 2.41 bits per heavy atom. The molecule has 0 aromatic rings. The highest BCUT2D eigenvalue weighted by atomic mass is 31.2. The number of ether oxygens (including phenoxy) is 1. The minimum atomic E-state index is -4.18. The lowest BCUT2D eigenvalue weighted by atomic mass is 10.0. The number of Topliss-reactive ketones (excluding diaryl/α,β-unsaturated/α-hetero) is 1. The van der Waals surface area contributed by atoms with Gasteiger partial charge in [-0.25, -0.2) is 4.57 Å². The molecule has 0 aliphatic heterocycles. The van der Waals surface area contributed by atoms with Gasteiger partial charge in [-0.1, -0.05) is 13.8 Å². The number of phosphoric acid groups is 1. The van der Waals surface area contributed by atoms with Gasteiger partial charge in [-0.15, -0.1) is 0 Å². The van der Waals surface area contributed by atoms with Crippen LogP contribution >= 0.6 is 7.82 Å². The van der Waals surface area contributed by atoms with Crippen LogP contribution in [0.15, 0.2) is 0 Å². The van der Waals surface area contributed by atoms with Gasteiger partial charge >= 0.3 is 7.82 Å². The van der Waals surface area contributed by atoms with Crippen molar-refractivity contribution in [1.29, 1.82) is 0 Å². The maximum atomic E-state index is 11.8. The van der Waals surface area contributed by atoms with Crippen LogP contribution in [-0.2, 0) is 23.1 Å². The summed E-state index contributed by atoms with van der Waals surface area (Å²) in [6.07, 6.45) is 0.949. The number of rotatable bonds is 8. The largest absolute Gasteiger partial charge is 0.473 e. The van der Waals surface area contributed by atoms with Crippen LogP contribution in [0, 0.1) is 5.92 Å². The molecule has 0 amide bonds. The summed E-state index contributed by atoms with van der Waals surface area (Å²) in [5, 5.41) is 0. The smallest absolute Gasteiger partial charge is 0.382 e. The Kier molecular flexibility index (Phi) is 4.86.